The molecule has 0 bridgehead atoms. The van der Waals surface area contributed by atoms with Gasteiger partial charge >= 0.3 is 0 Å². The fourth-order valence-corrected chi connectivity index (χ4v) is 3.44. The standard InChI is InChI=1S/C23H23NO3/c1-15(2)22(18-9-10-20-21(14-18)27-12-11-26-20)24-23(25)19-8-7-16-5-3-4-6-17(16)13-19/h3-10,13-15,22H,11-12H2,1-2H3,(H,24,25). The van der Waals surface area contributed by atoms with Gasteiger partial charge in [-0.05, 0) is 46.5 Å². The number of hydrogen-bond donors (Lipinski definition) is 1. The number of carbonyl (C=O) groups is 1. The maximum Gasteiger partial charge on any atom is 0.251 e. The lowest BCUT2D eigenvalue weighted by atomic mass is 9.95. The molecule has 0 saturated carbocycles. The summed E-state index contributed by atoms with van der Waals surface area (Å²) in [7, 11) is 0. The number of benzene rings is 3. The summed E-state index contributed by atoms with van der Waals surface area (Å²) >= 11 is 0. The van der Waals surface area contributed by atoms with Gasteiger partial charge in [-0.25, -0.2) is 0 Å². The van der Waals surface area contributed by atoms with E-state index in [1.54, 1.807) is 0 Å². The van der Waals surface area contributed by atoms with Gasteiger partial charge in [0.1, 0.15) is 13.2 Å². The summed E-state index contributed by atoms with van der Waals surface area (Å²) in [5.41, 5.74) is 1.68. The molecule has 0 aliphatic carbocycles. The summed E-state index contributed by atoms with van der Waals surface area (Å²) < 4.78 is 11.3. The fraction of sp³-hybridized carbons (Fsp3) is 0.261. The van der Waals surface area contributed by atoms with Crippen LogP contribution in [-0.2, 0) is 0 Å². The SMILES string of the molecule is CC(C)C(NC(=O)c1ccc2ccccc2c1)c1ccc2c(c1)OCCO2. The van der Waals surface area contributed by atoms with Gasteiger partial charge in [-0.2, -0.15) is 0 Å². The average Bonchev–Trinajstić information content (AvgIpc) is 2.71. The van der Waals surface area contributed by atoms with Gasteiger partial charge < -0.3 is 14.8 Å². The second kappa shape index (κ2) is 7.31. The monoisotopic (exact) mass is 361 g/mol. The molecule has 1 amide bonds. The smallest absolute Gasteiger partial charge is 0.251 e. The number of carbonyl (C=O) groups excluding carboxylic acids is 1. The number of fused-ring (bicyclic) bond motifs is 2. The van der Waals surface area contributed by atoms with Crippen molar-refractivity contribution in [1.82, 2.24) is 5.32 Å². The second-order valence-corrected chi connectivity index (χ2v) is 7.16. The van der Waals surface area contributed by atoms with Crippen LogP contribution >= 0.6 is 0 Å². The summed E-state index contributed by atoms with van der Waals surface area (Å²) in [6, 6.07) is 19.6. The Bertz CT molecular complexity index is 980. The molecule has 4 nitrogen and oxygen atoms in total. The lowest BCUT2D eigenvalue weighted by Crippen LogP contribution is -2.31. The van der Waals surface area contributed by atoms with E-state index in [4.69, 9.17) is 9.47 Å². The maximum atomic E-state index is 12.9. The Balaban J connectivity index is 1.59. The molecule has 3 aromatic carbocycles. The summed E-state index contributed by atoms with van der Waals surface area (Å²) in [6.07, 6.45) is 0. The number of hydrogen-bond acceptors (Lipinski definition) is 3. The molecule has 0 spiro atoms. The van der Waals surface area contributed by atoms with Gasteiger partial charge in [-0.15, -0.1) is 0 Å². The highest BCUT2D eigenvalue weighted by atomic mass is 16.6. The predicted molar refractivity (Wildman–Crippen MR) is 106 cm³/mol. The van der Waals surface area contributed by atoms with E-state index in [2.05, 4.69) is 19.2 Å². The van der Waals surface area contributed by atoms with Crippen molar-refractivity contribution in [1.29, 1.82) is 0 Å². The van der Waals surface area contributed by atoms with E-state index in [-0.39, 0.29) is 17.9 Å². The molecule has 1 unspecified atom stereocenters. The van der Waals surface area contributed by atoms with Crippen molar-refractivity contribution in [3.8, 4) is 11.5 Å². The van der Waals surface area contributed by atoms with Gasteiger partial charge in [0, 0.05) is 5.56 Å². The molecule has 1 heterocycles. The highest BCUT2D eigenvalue weighted by Gasteiger charge is 2.22. The quantitative estimate of drug-likeness (QED) is 0.730. The number of amides is 1. The third kappa shape index (κ3) is 3.61. The third-order valence-electron chi connectivity index (χ3n) is 4.89. The largest absolute Gasteiger partial charge is 0.486 e. The molecule has 27 heavy (non-hydrogen) atoms. The Hall–Kier alpha value is -3.01. The van der Waals surface area contributed by atoms with Crippen molar-refractivity contribution >= 4 is 16.7 Å². The first-order valence-electron chi connectivity index (χ1n) is 9.31. The topological polar surface area (TPSA) is 47.6 Å². The highest BCUT2D eigenvalue weighted by molar-refractivity contribution is 5.98. The minimum atomic E-state index is -0.111. The molecular weight excluding hydrogens is 338 g/mol. The van der Waals surface area contributed by atoms with E-state index < -0.39 is 0 Å². The van der Waals surface area contributed by atoms with Crippen LogP contribution in [-0.4, -0.2) is 19.1 Å². The normalized spacial score (nSPS) is 14.2. The van der Waals surface area contributed by atoms with Gasteiger partial charge in [-0.3, -0.25) is 4.79 Å². The lowest BCUT2D eigenvalue weighted by Gasteiger charge is -2.25. The third-order valence-corrected chi connectivity index (χ3v) is 4.89. The molecule has 3 aromatic rings. The molecule has 4 heteroatoms. The molecule has 1 aliphatic heterocycles. The average molecular weight is 361 g/mol. The zero-order chi connectivity index (χ0) is 18.8. The van der Waals surface area contributed by atoms with Gasteiger partial charge in [0.25, 0.3) is 5.91 Å². The molecule has 4 rings (SSSR count). The van der Waals surface area contributed by atoms with E-state index in [1.807, 2.05) is 60.7 Å². The molecule has 138 valence electrons. The number of nitrogens with one attached hydrogen (secondary N) is 1. The van der Waals surface area contributed by atoms with E-state index in [0.717, 1.165) is 27.8 Å². The van der Waals surface area contributed by atoms with E-state index in [1.165, 1.54) is 0 Å². The van der Waals surface area contributed by atoms with Crippen molar-refractivity contribution in [3.63, 3.8) is 0 Å². The van der Waals surface area contributed by atoms with Crippen LogP contribution in [0, 0.1) is 5.92 Å². The zero-order valence-electron chi connectivity index (χ0n) is 15.6. The van der Waals surface area contributed by atoms with Crippen LogP contribution in [0.25, 0.3) is 10.8 Å². The van der Waals surface area contributed by atoms with Crippen molar-refractivity contribution in [2.45, 2.75) is 19.9 Å². The predicted octanol–water partition coefficient (Wildman–Crippen LogP) is 4.74. The van der Waals surface area contributed by atoms with Crippen molar-refractivity contribution < 1.29 is 14.3 Å². The van der Waals surface area contributed by atoms with Crippen LogP contribution < -0.4 is 14.8 Å². The Morgan fingerprint density at radius 3 is 2.41 bits per heavy atom. The Morgan fingerprint density at radius 1 is 0.889 bits per heavy atom. The Labute approximate surface area is 159 Å². The molecule has 1 atom stereocenters. The fourth-order valence-electron chi connectivity index (χ4n) is 3.44. The minimum Gasteiger partial charge on any atom is -0.486 e. The summed E-state index contributed by atoms with van der Waals surface area (Å²) in [5, 5.41) is 5.37. The van der Waals surface area contributed by atoms with Crippen molar-refractivity contribution in [2.24, 2.45) is 5.92 Å². The van der Waals surface area contributed by atoms with Crippen LogP contribution in [0.4, 0.5) is 0 Å². The molecular formula is C23H23NO3. The number of ether oxygens (including phenoxy) is 2. The summed E-state index contributed by atoms with van der Waals surface area (Å²) in [5.74, 6) is 1.66. The lowest BCUT2D eigenvalue weighted by molar-refractivity contribution is 0.0925. The molecule has 0 aromatic heterocycles. The number of rotatable bonds is 4. The van der Waals surface area contributed by atoms with E-state index in [9.17, 15) is 4.79 Å². The van der Waals surface area contributed by atoms with Crippen LogP contribution in [0.1, 0.15) is 35.8 Å². The molecule has 0 fully saturated rings. The molecule has 1 aliphatic rings. The minimum absolute atomic E-state index is 0.0747. The molecule has 0 saturated heterocycles. The zero-order valence-corrected chi connectivity index (χ0v) is 15.6. The summed E-state index contributed by atoms with van der Waals surface area (Å²) in [6.45, 7) is 5.31. The van der Waals surface area contributed by atoms with Crippen molar-refractivity contribution in [3.05, 3.63) is 71.8 Å². The van der Waals surface area contributed by atoms with Crippen LogP contribution in [0.2, 0.25) is 0 Å². The first-order valence-corrected chi connectivity index (χ1v) is 9.31. The van der Waals surface area contributed by atoms with Crippen LogP contribution in [0.3, 0.4) is 0 Å². The Kier molecular flexibility index (Phi) is 4.71. The van der Waals surface area contributed by atoms with Gasteiger partial charge in [-0.1, -0.05) is 50.2 Å². The highest BCUT2D eigenvalue weighted by Crippen LogP contribution is 2.34. The van der Waals surface area contributed by atoms with Gasteiger partial charge in [0.15, 0.2) is 11.5 Å². The van der Waals surface area contributed by atoms with Crippen LogP contribution in [0.5, 0.6) is 11.5 Å². The van der Waals surface area contributed by atoms with E-state index >= 15 is 0 Å². The van der Waals surface area contributed by atoms with Crippen molar-refractivity contribution in [2.75, 3.05) is 13.2 Å². The van der Waals surface area contributed by atoms with Gasteiger partial charge in [0.2, 0.25) is 0 Å². The Morgan fingerprint density at radius 2 is 1.63 bits per heavy atom. The molecule has 1 N–H and O–H groups in total. The molecule has 0 radical (unpaired) electrons. The first-order chi connectivity index (χ1) is 13.1. The van der Waals surface area contributed by atoms with Gasteiger partial charge in [0.05, 0.1) is 6.04 Å². The summed E-state index contributed by atoms with van der Waals surface area (Å²) in [4.78, 5) is 12.9. The second-order valence-electron chi connectivity index (χ2n) is 7.16. The first kappa shape index (κ1) is 17.4. The van der Waals surface area contributed by atoms with E-state index in [0.29, 0.717) is 18.8 Å². The van der Waals surface area contributed by atoms with Crippen LogP contribution in [0.15, 0.2) is 60.7 Å². The maximum absolute atomic E-state index is 12.9.